The molecule has 3 N–H and O–H groups in total. The lowest BCUT2D eigenvalue weighted by Crippen LogP contribution is -2.37. The number of nitrogens with one attached hydrogen (secondary N) is 1. The summed E-state index contributed by atoms with van der Waals surface area (Å²) in [5, 5.41) is 22.8. The third-order valence-electron chi connectivity index (χ3n) is 5.98. The van der Waals surface area contributed by atoms with Crippen LogP contribution in [0.1, 0.15) is 62.3 Å². The number of rotatable bonds is 4. The molecule has 184 valence electrons. The molecule has 0 fully saturated rings. The molecule has 0 saturated carbocycles. The van der Waals surface area contributed by atoms with Gasteiger partial charge in [0.1, 0.15) is 11.5 Å². The number of hydrogen-bond acceptors (Lipinski definition) is 5. The smallest absolute Gasteiger partial charge is 0.307 e. The SMILES string of the molecule is CC(C)(C)c1ccc(O)c(CN2CC(=O)NCCCCCOc3ccc(CC(=O)O)cc3C2)c1. The molecule has 3 rings (SSSR count). The largest absolute Gasteiger partial charge is 0.508 e. The zero-order chi connectivity index (χ0) is 24.7. The summed E-state index contributed by atoms with van der Waals surface area (Å²) in [6.07, 6.45) is 2.63. The number of aromatic hydroxyl groups is 1. The van der Waals surface area contributed by atoms with Crippen LogP contribution >= 0.6 is 0 Å². The van der Waals surface area contributed by atoms with Crippen LogP contribution in [-0.2, 0) is 34.5 Å². The molecule has 0 aromatic heterocycles. The van der Waals surface area contributed by atoms with E-state index in [4.69, 9.17) is 4.74 Å². The number of carbonyl (C=O) groups is 2. The number of benzene rings is 2. The van der Waals surface area contributed by atoms with Gasteiger partial charge in [-0.1, -0.05) is 45.0 Å². The maximum absolute atomic E-state index is 12.7. The molecule has 1 aliphatic heterocycles. The molecule has 34 heavy (non-hydrogen) atoms. The van der Waals surface area contributed by atoms with Gasteiger partial charge in [-0.05, 0) is 47.9 Å². The van der Waals surface area contributed by atoms with Crippen molar-refractivity contribution in [1.82, 2.24) is 10.2 Å². The number of hydrogen-bond donors (Lipinski definition) is 3. The number of amides is 1. The molecule has 1 heterocycles. The summed E-state index contributed by atoms with van der Waals surface area (Å²) in [5.41, 5.74) is 3.28. The predicted molar refractivity (Wildman–Crippen MR) is 131 cm³/mol. The second-order valence-corrected chi connectivity index (χ2v) is 10.0. The summed E-state index contributed by atoms with van der Waals surface area (Å²) in [4.78, 5) is 25.9. The van der Waals surface area contributed by atoms with Crippen LogP contribution in [0.25, 0.3) is 0 Å². The molecule has 1 aliphatic rings. The number of phenols is 1. The molecule has 0 spiro atoms. The Labute approximate surface area is 201 Å². The van der Waals surface area contributed by atoms with Crippen LogP contribution < -0.4 is 10.1 Å². The van der Waals surface area contributed by atoms with E-state index in [0.29, 0.717) is 37.6 Å². The predicted octanol–water partition coefficient (Wildman–Crippen LogP) is 4.00. The van der Waals surface area contributed by atoms with Gasteiger partial charge in [0.2, 0.25) is 5.91 Å². The first-order chi connectivity index (χ1) is 16.1. The molecule has 2 aromatic rings. The molecular weight excluding hydrogens is 432 g/mol. The molecule has 7 nitrogen and oxygen atoms in total. The lowest BCUT2D eigenvalue weighted by atomic mass is 9.86. The Morgan fingerprint density at radius 1 is 1.09 bits per heavy atom. The molecule has 1 amide bonds. The highest BCUT2D eigenvalue weighted by atomic mass is 16.5. The fourth-order valence-electron chi connectivity index (χ4n) is 4.08. The lowest BCUT2D eigenvalue weighted by molar-refractivity contribution is -0.136. The maximum atomic E-state index is 12.7. The topological polar surface area (TPSA) is 99.1 Å². The van der Waals surface area contributed by atoms with Crippen molar-refractivity contribution in [2.45, 2.75) is 65.0 Å². The highest BCUT2D eigenvalue weighted by Crippen LogP contribution is 2.29. The summed E-state index contributed by atoms with van der Waals surface area (Å²) >= 11 is 0. The van der Waals surface area contributed by atoms with Crippen molar-refractivity contribution in [3.8, 4) is 11.5 Å². The van der Waals surface area contributed by atoms with Crippen LogP contribution in [0.3, 0.4) is 0 Å². The normalized spacial score (nSPS) is 16.3. The van der Waals surface area contributed by atoms with E-state index < -0.39 is 5.97 Å². The van der Waals surface area contributed by atoms with E-state index in [1.54, 1.807) is 12.1 Å². The fraction of sp³-hybridized carbons (Fsp3) is 0.481. The van der Waals surface area contributed by atoms with Gasteiger partial charge in [0, 0.05) is 30.8 Å². The number of aliphatic carboxylic acids is 1. The standard InChI is InChI=1S/C27H36N2O5/c1-27(2,3)22-8-9-23(30)20(15-22)16-29-17-21-13-19(14-26(32)33)7-10-24(21)34-12-6-4-5-11-28-25(31)18-29/h7-10,13,15,30H,4-6,11-12,14,16-18H2,1-3H3,(H,28,31)(H,32,33). The summed E-state index contributed by atoms with van der Waals surface area (Å²) in [6.45, 7) is 8.44. The molecule has 0 aliphatic carbocycles. The van der Waals surface area contributed by atoms with Crippen molar-refractivity contribution in [2.75, 3.05) is 19.7 Å². The van der Waals surface area contributed by atoms with Gasteiger partial charge >= 0.3 is 5.97 Å². The van der Waals surface area contributed by atoms with E-state index in [9.17, 15) is 19.8 Å². The van der Waals surface area contributed by atoms with Crippen LogP contribution in [0.5, 0.6) is 11.5 Å². The minimum Gasteiger partial charge on any atom is -0.508 e. The lowest BCUT2D eigenvalue weighted by Gasteiger charge is -2.25. The molecule has 0 saturated heterocycles. The van der Waals surface area contributed by atoms with Crippen LogP contribution in [0.4, 0.5) is 0 Å². The highest BCUT2D eigenvalue weighted by molar-refractivity contribution is 5.78. The Bertz CT molecular complexity index is 1010. The zero-order valence-electron chi connectivity index (χ0n) is 20.4. The third-order valence-corrected chi connectivity index (χ3v) is 5.98. The van der Waals surface area contributed by atoms with Crippen molar-refractivity contribution >= 4 is 11.9 Å². The van der Waals surface area contributed by atoms with Crippen molar-refractivity contribution in [2.24, 2.45) is 0 Å². The Morgan fingerprint density at radius 2 is 1.88 bits per heavy atom. The van der Waals surface area contributed by atoms with Crippen LogP contribution in [0.15, 0.2) is 36.4 Å². The maximum Gasteiger partial charge on any atom is 0.307 e. The first-order valence-electron chi connectivity index (χ1n) is 11.9. The average Bonchev–Trinajstić information content (AvgIpc) is 2.75. The van der Waals surface area contributed by atoms with Gasteiger partial charge in [0.15, 0.2) is 0 Å². The number of fused-ring (bicyclic) bond motifs is 1. The quantitative estimate of drug-likeness (QED) is 0.627. The van der Waals surface area contributed by atoms with Gasteiger partial charge in [-0.25, -0.2) is 0 Å². The van der Waals surface area contributed by atoms with Gasteiger partial charge in [-0.3, -0.25) is 14.5 Å². The van der Waals surface area contributed by atoms with E-state index >= 15 is 0 Å². The molecule has 2 aromatic carbocycles. The minimum atomic E-state index is -0.898. The van der Waals surface area contributed by atoms with E-state index in [0.717, 1.165) is 36.0 Å². The van der Waals surface area contributed by atoms with Gasteiger partial charge in [0.05, 0.1) is 19.6 Å². The molecule has 0 unspecified atom stereocenters. The number of ether oxygens (including phenoxy) is 1. The van der Waals surface area contributed by atoms with E-state index in [1.165, 1.54) is 0 Å². The Kier molecular flexibility index (Phi) is 8.56. The van der Waals surface area contributed by atoms with Crippen LogP contribution in [0.2, 0.25) is 0 Å². The van der Waals surface area contributed by atoms with E-state index in [-0.39, 0.29) is 30.0 Å². The number of nitrogens with zero attached hydrogens (tertiary/aromatic N) is 1. The Balaban J connectivity index is 1.95. The van der Waals surface area contributed by atoms with Gasteiger partial charge in [-0.2, -0.15) is 0 Å². The first kappa shape index (κ1) is 25.6. The number of carboxylic acid groups (broad SMARTS) is 1. The number of phenolic OH excluding ortho intramolecular Hbond substituents is 1. The molecular formula is C27H36N2O5. The monoisotopic (exact) mass is 468 g/mol. The van der Waals surface area contributed by atoms with Crippen molar-refractivity contribution < 1.29 is 24.5 Å². The number of carbonyl (C=O) groups excluding carboxylic acids is 1. The fourth-order valence-corrected chi connectivity index (χ4v) is 4.08. The molecule has 0 radical (unpaired) electrons. The summed E-state index contributed by atoms with van der Waals surface area (Å²) in [6, 6.07) is 11.1. The second kappa shape index (κ2) is 11.4. The van der Waals surface area contributed by atoms with E-state index in [1.807, 2.05) is 29.2 Å². The Morgan fingerprint density at radius 3 is 2.62 bits per heavy atom. The summed E-state index contributed by atoms with van der Waals surface area (Å²) < 4.78 is 6.05. The number of carboxylic acids is 1. The highest BCUT2D eigenvalue weighted by Gasteiger charge is 2.20. The minimum absolute atomic E-state index is 0.0742. The van der Waals surface area contributed by atoms with Gasteiger partial charge in [0.25, 0.3) is 0 Å². The van der Waals surface area contributed by atoms with Crippen molar-refractivity contribution in [3.63, 3.8) is 0 Å². The van der Waals surface area contributed by atoms with Crippen LogP contribution in [0, 0.1) is 0 Å². The molecule has 0 atom stereocenters. The molecule has 0 bridgehead atoms. The van der Waals surface area contributed by atoms with Gasteiger partial charge in [-0.15, -0.1) is 0 Å². The first-order valence-corrected chi connectivity index (χ1v) is 11.9. The van der Waals surface area contributed by atoms with Crippen molar-refractivity contribution in [1.29, 1.82) is 0 Å². The van der Waals surface area contributed by atoms with Crippen LogP contribution in [-0.4, -0.2) is 46.7 Å². The zero-order valence-corrected chi connectivity index (χ0v) is 20.4. The summed E-state index contributed by atoms with van der Waals surface area (Å²) in [5.74, 6) is -0.0839. The second-order valence-electron chi connectivity index (χ2n) is 10.0. The molecule has 7 heteroatoms. The summed E-state index contributed by atoms with van der Waals surface area (Å²) in [7, 11) is 0. The van der Waals surface area contributed by atoms with Gasteiger partial charge < -0.3 is 20.3 Å². The van der Waals surface area contributed by atoms with Crippen molar-refractivity contribution in [3.05, 3.63) is 58.7 Å². The third kappa shape index (κ3) is 7.48. The average molecular weight is 469 g/mol. The van der Waals surface area contributed by atoms with E-state index in [2.05, 4.69) is 26.1 Å². The Hall–Kier alpha value is -3.06.